The van der Waals surface area contributed by atoms with Gasteiger partial charge in [0.1, 0.15) is 24.1 Å². The molecule has 0 aromatic carbocycles. The molecule has 1 aromatic heterocycles. The molecule has 0 saturated carbocycles. The Labute approximate surface area is 142 Å². The minimum absolute atomic E-state index is 0.224. The van der Waals surface area contributed by atoms with Gasteiger partial charge in [-0.25, -0.2) is 4.79 Å². The van der Waals surface area contributed by atoms with Gasteiger partial charge >= 0.3 is 5.97 Å². The van der Waals surface area contributed by atoms with Gasteiger partial charge in [0.2, 0.25) is 5.91 Å². The number of aliphatic carboxylic acids is 1. The Hall–Kier alpha value is -1.68. The number of carboxylic acids is 1. The number of nitrogens with one attached hydrogen (secondary N) is 2. The van der Waals surface area contributed by atoms with Crippen LogP contribution < -0.4 is 10.6 Å². The predicted octanol–water partition coefficient (Wildman–Crippen LogP) is 0.626. The van der Waals surface area contributed by atoms with Crippen LogP contribution in [0.15, 0.2) is 10.6 Å². The number of hydrogen-bond acceptors (Lipinski definition) is 8. The fourth-order valence-corrected chi connectivity index (χ4v) is 2.90. The number of amides is 1. The molecule has 8 nitrogen and oxygen atoms in total. The molecule has 10 heteroatoms. The van der Waals surface area contributed by atoms with E-state index < -0.39 is 29.2 Å². The lowest BCUT2D eigenvalue weighted by Gasteiger charge is -2.23. The lowest BCUT2D eigenvalue weighted by molar-refractivity contribution is -0.141. The van der Waals surface area contributed by atoms with E-state index in [-0.39, 0.29) is 5.75 Å². The molecule has 23 heavy (non-hydrogen) atoms. The molecule has 0 spiro atoms. The molecule has 1 rings (SSSR count). The van der Waals surface area contributed by atoms with Crippen LogP contribution in [0.5, 0.6) is 0 Å². The average Bonchev–Trinajstić information content (AvgIpc) is 2.92. The van der Waals surface area contributed by atoms with Crippen LogP contribution in [0.3, 0.4) is 0 Å². The van der Waals surface area contributed by atoms with Crippen molar-refractivity contribution in [2.24, 2.45) is 0 Å². The highest BCUT2D eigenvalue weighted by Gasteiger charge is 2.31. The number of hydrogen-bond donors (Lipinski definition) is 3. The van der Waals surface area contributed by atoms with Gasteiger partial charge in [0.25, 0.3) is 0 Å². The Bertz CT molecular complexity index is 551. The van der Waals surface area contributed by atoms with E-state index in [1.807, 2.05) is 0 Å². The first-order valence-corrected chi connectivity index (χ1v) is 9.31. The van der Waals surface area contributed by atoms with Crippen molar-refractivity contribution in [3.8, 4) is 0 Å². The topological polar surface area (TPSA) is 122 Å². The van der Waals surface area contributed by atoms with Crippen LogP contribution in [0.4, 0.5) is 5.82 Å². The summed E-state index contributed by atoms with van der Waals surface area (Å²) in [7, 11) is 0. The summed E-state index contributed by atoms with van der Waals surface area (Å²) in [5.74, 6) is -0.638. The molecule has 0 aliphatic carbocycles. The maximum atomic E-state index is 12.4. The van der Waals surface area contributed by atoms with E-state index in [1.165, 1.54) is 23.5 Å². The van der Waals surface area contributed by atoms with Gasteiger partial charge in [-0.15, -0.1) is 0 Å². The number of carboxylic acid groups (broad SMARTS) is 1. The quantitative estimate of drug-likeness (QED) is 0.515. The van der Waals surface area contributed by atoms with Gasteiger partial charge in [-0.1, -0.05) is 5.16 Å². The van der Waals surface area contributed by atoms with E-state index >= 15 is 0 Å². The van der Waals surface area contributed by atoms with Gasteiger partial charge in [-0.2, -0.15) is 23.5 Å². The molecular formula is C13H19N3O5S2. The normalized spacial score (nSPS) is 14.6. The zero-order chi connectivity index (χ0) is 17.4. The van der Waals surface area contributed by atoms with Crippen molar-refractivity contribution in [1.29, 1.82) is 0 Å². The molecule has 0 aliphatic heterocycles. The Kier molecular flexibility index (Phi) is 7.96. The number of aldehydes is 1. The van der Waals surface area contributed by atoms with Crippen molar-refractivity contribution >= 4 is 47.5 Å². The van der Waals surface area contributed by atoms with Gasteiger partial charge in [0, 0.05) is 11.8 Å². The Balaban J connectivity index is 2.91. The number of aryl methyl sites for hydroxylation is 1. The van der Waals surface area contributed by atoms with Crippen LogP contribution in [0.25, 0.3) is 0 Å². The molecule has 1 amide bonds. The number of thioether (sulfide) groups is 2. The molecule has 0 aliphatic rings. The highest BCUT2D eigenvalue weighted by Crippen LogP contribution is 2.16. The number of carbonyl (C=O) groups excluding carboxylic acids is 2. The lowest BCUT2D eigenvalue weighted by atomic mass is 10.1. The standard InChI is InChI=1S/C13H19N3O5S2/c1-7-4-10(16-21-7)15-11(9(5-17)23-3)12(18)14-8(6-22-2)13(19)20/h4-5,8-9,11H,6H2,1-3H3,(H,14,18)(H,15,16)(H,19,20)/t8-,9?,11-/m0/s1. The molecule has 1 unspecified atom stereocenters. The molecule has 1 heterocycles. The minimum Gasteiger partial charge on any atom is -0.480 e. The molecule has 0 radical (unpaired) electrons. The summed E-state index contributed by atoms with van der Waals surface area (Å²) in [5, 5.41) is 17.4. The monoisotopic (exact) mass is 361 g/mol. The first-order chi connectivity index (χ1) is 10.9. The van der Waals surface area contributed by atoms with E-state index in [0.29, 0.717) is 17.9 Å². The largest absolute Gasteiger partial charge is 0.480 e. The predicted molar refractivity (Wildman–Crippen MR) is 90.0 cm³/mol. The Morgan fingerprint density at radius 2 is 2.17 bits per heavy atom. The van der Waals surface area contributed by atoms with Crippen molar-refractivity contribution in [2.75, 3.05) is 23.6 Å². The number of nitrogens with zero attached hydrogens (tertiary/aromatic N) is 1. The minimum atomic E-state index is -1.13. The molecule has 3 atom stereocenters. The summed E-state index contributed by atoms with van der Waals surface area (Å²) < 4.78 is 4.91. The first-order valence-electron chi connectivity index (χ1n) is 6.63. The number of rotatable bonds is 10. The molecule has 3 N–H and O–H groups in total. The third-order valence-corrected chi connectivity index (χ3v) is 4.49. The van der Waals surface area contributed by atoms with Crippen molar-refractivity contribution < 1.29 is 24.0 Å². The third kappa shape index (κ3) is 5.79. The average molecular weight is 361 g/mol. The summed E-state index contributed by atoms with van der Waals surface area (Å²) in [5.41, 5.74) is 0. The summed E-state index contributed by atoms with van der Waals surface area (Å²) in [6.07, 6.45) is 4.07. The molecule has 128 valence electrons. The van der Waals surface area contributed by atoms with Gasteiger partial charge in [-0.05, 0) is 19.4 Å². The lowest BCUT2D eigenvalue weighted by Crippen LogP contribution is -2.52. The third-order valence-electron chi connectivity index (χ3n) is 2.90. The molecule has 0 bridgehead atoms. The van der Waals surface area contributed by atoms with Crippen LogP contribution in [0, 0.1) is 6.92 Å². The van der Waals surface area contributed by atoms with Crippen LogP contribution in [-0.4, -0.2) is 64.0 Å². The van der Waals surface area contributed by atoms with E-state index in [2.05, 4.69) is 15.8 Å². The highest BCUT2D eigenvalue weighted by molar-refractivity contribution is 8.00. The van der Waals surface area contributed by atoms with Crippen LogP contribution in [0.1, 0.15) is 5.76 Å². The number of carbonyl (C=O) groups is 3. The summed E-state index contributed by atoms with van der Waals surface area (Å²) in [6.45, 7) is 1.69. The van der Waals surface area contributed by atoms with Crippen LogP contribution >= 0.6 is 23.5 Å². The first kappa shape index (κ1) is 19.4. The summed E-state index contributed by atoms with van der Waals surface area (Å²) in [6, 6.07) is -0.412. The summed E-state index contributed by atoms with van der Waals surface area (Å²) in [4.78, 5) is 34.8. The second-order valence-corrected chi connectivity index (χ2v) is 6.56. The van der Waals surface area contributed by atoms with Gasteiger partial charge in [-0.3, -0.25) is 4.79 Å². The zero-order valence-electron chi connectivity index (χ0n) is 12.9. The highest BCUT2D eigenvalue weighted by atomic mass is 32.2. The van der Waals surface area contributed by atoms with E-state index in [9.17, 15) is 14.4 Å². The van der Waals surface area contributed by atoms with E-state index in [0.717, 1.165) is 0 Å². The maximum absolute atomic E-state index is 12.4. The fraction of sp³-hybridized carbons (Fsp3) is 0.538. The molecule has 1 aromatic rings. The summed E-state index contributed by atoms with van der Waals surface area (Å²) >= 11 is 2.48. The molecule has 0 saturated heterocycles. The van der Waals surface area contributed by atoms with E-state index in [4.69, 9.17) is 9.63 Å². The number of aromatic nitrogens is 1. The van der Waals surface area contributed by atoms with Gasteiger partial charge in [0.05, 0.1) is 5.25 Å². The molecule has 0 fully saturated rings. The number of anilines is 1. The smallest absolute Gasteiger partial charge is 0.327 e. The van der Waals surface area contributed by atoms with Crippen LogP contribution in [0.2, 0.25) is 0 Å². The van der Waals surface area contributed by atoms with Crippen molar-refractivity contribution in [2.45, 2.75) is 24.3 Å². The van der Waals surface area contributed by atoms with Gasteiger partial charge < -0.3 is 25.1 Å². The van der Waals surface area contributed by atoms with Crippen molar-refractivity contribution in [3.63, 3.8) is 0 Å². The Morgan fingerprint density at radius 3 is 2.61 bits per heavy atom. The molecular weight excluding hydrogens is 342 g/mol. The fourth-order valence-electron chi connectivity index (χ4n) is 1.76. The SMILES string of the molecule is CSC[C@H](NC(=O)[C@@H](Nc1cc(C)on1)C(C=O)SC)C(=O)O. The van der Waals surface area contributed by atoms with Crippen LogP contribution in [-0.2, 0) is 14.4 Å². The van der Waals surface area contributed by atoms with Crippen molar-refractivity contribution in [1.82, 2.24) is 10.5 Å². The van der Waals surface area contributed by atoms with Crippen molar-refractivity contribution in [3.05, 3.63) is 11.8 Å². The van der Waals surface area contributed by atoms with E-state index in [1.54, 1.807) is 25.5 Å². The Morgan fingerprint density at radius 1 is 1.48 bits per heavy atom. The zero-order valence-corrected chi connectivity index (χ0v) is 14.6. The second kappa shape index (κ2) is 9.46. The second-order valence-electron chi connectivity index (χ2n) is 4.64. The maximum Gasteiger partial charge on any atom is 0.327 e. The van der Waals surface area contributed by atoms with Gasteiger partial charge in [0.15, 0.2) is 5.82 Å².